The van der Waals surface area contributed by atoms with E-state index in [2.05, 4.69) is 17.1 Å². The van der Waals surface area contributed by atoms with Gasteiger partial charge in [0.15, 0.2) is 11.5 Å². The molecule has 1 N–H and O–H groups in total. The largest absolute Gasteiger partial charge is 0.496 e. The van der Waals surface area contributed by atoms with Crippen molar-refractivity contribution in [1.29, 1.82) is 0 Å². The number of hydrogen-bond acceptors (Lipinski definition) is 5. The molecule has 0 heterocycles. The second-order valence-corrected chi connectivity index (χ2v) is 8.08. The normalized spacial score (nSPS) is 10.8. The van der Waals surface area contributed by atoms with Gasteiger partial charge >= 0.3 is 0 Å². The molecule has 4 aromatic rings. The molecule has 0 saturated carbocycles. The van der Waals surface area contributed by atoms with E-state index in [1.54, 1.807) is 32.6 Å². The summed E-state index contributed by atoms with van der Waals surface area (Å²) in [5.41, 5.74) is 5.72. The van der Waals surface area contributed by atoms with E-state index >= 15 is 0 Å². The summed E-state index contributed by atoms with van der Waals surface area (Å²) in [6.45, 7) is 4.27. The zero-order valence-corrected chi connectivity index (χ0v) is 20.4. The van der Waals surface area contributed by atoms with Crippen molar-refractivity contribution in [2.24, 2.45) is 5.10 Å². The van der Waals surface area contributed by atoms with Crippen LogP contribution in [0.2, 0.25) is 0 Å². The number of fused-ring (bicyclic) bond motifs is 1. The molecule has 0 fully saturated rings. The summed E-state index contributed by atoms with van der Waals surface area (Å²) in [4.78, 5) is 12.9. The lowest BCUT2D eigenvalue weighted by Gasteiger charge is -2.16. The van der Waals surface area contributed by atoms with Crippen LogP contribution in [0.3, 0.4) is 0 Å². The minimum Gasteiger partial charge on any atom is -0.496 e. The van der Waals surface area contributed by atoms with Gasteiger partial charge in [0.1, 0.15) is 12.4 Å². The first-order valence-electron chi connectivity index (χ1n) is 11.5. The molecule has 0 aromatic heterocycles. The molecular weight excluding hydrogens is 452 g/mol. The van der Waals surface area contributed by atoms with Gasteiger partial charge in [0, 0.05) is 5.56 Å². The van der Waals surface area contributed by atoms with Crippen molar-refractivity contribution in [3.8, 4) is 17.2 Å². The molecule has 36 heavy (non-hydrogen) atoms. The third-order valence-electron chi connectivity index (χ3n) is 5.66. The van der Waals surface area contributed by atoms with E-state index in [9.17, 15) is 4.79 Å². The van der Waals surface area contributed by atoms with Crippen molar-refractivity contribution in [2.75, 3.05) is 14.2 Å². The molecule has 1 amide bonds. The quantitative estimate of drug-likeness (QED) is 0.174. The van der Waals surface area contributed by atoms with Gasteiger partial charge in [-0.05, 0) is 52.6 Å². The second kappa shape index (κ2) is 11.7. The minimum absolute atomic E-state index is 0.366. The highest BCUT2D eigenvalue weighted by molar-refractivity contribution is 6.02. The Balaban J connectivity index is 1.54. The van der Waals surface area contributed by atoms with Crippen molar-refractivity contribution >= 4 is 22.9 Å². The van der Waals surface area contributed by atoms with Crippen LogP contribution in [0.4, 0.5) is 0 Å². The summed E-state index contributed by atoms with van der Waals surface area (Å²) in [5.74, 6) is 1.35. The predicted octanol–water partition coefficient (Wildman–Crippen LogP) is 5.93. The van der Waals surface area contributed by atoms with Crippen molar-refractivity contribution < 1.29 is 19.0 Å². The molecule has 0 unspecified atom stereocenters. The van der Waals surface area contributed by atoms with E-state index in [1.807, 2.05) is 72.8 Å². The van der Waals surface area contributed by atoms with Crippen LogP contribution >= 0.6 is 0 Å². The Bertz CT molecular complexity index is 1400. The third kappa shape index (κ3) is 5.73. The molecule has 0 aliphatic rings. The summed E-state index contributed by atoms with van der Waals surface area (Å²) in [6.07, 6.45) is 3.96. The van der Waals surface area contributed by atoms with E-state index in [1.165, 1.54) is 0 Å². The maximum Gasteiger partial charge on any atom is 0.275 e. The van der Waals surface area contributed by atoms with E-state index in [0.29, 0.717) is 35.8 Å². The van der Waals surface area contributed by atoms with Crippen LogP contribution < -0.4 is 19.6 Å². The molecule has 6 nitrogen and oxygen atoms in total. The molecule has 0 radical (unpaired) electrons. The molecule has 182 valence electrons. The Morgan fingerprint density at radius 2 is 1.61 bits per heavy atom. The Morgan fingerprint density at radius 3 is 2.31 bits per heavy atom. The highest BCUT2D eigenvalue weighted by Crippen LogP contribution is 2.34. The average molecular weight is 481 g/mol. The highest BCUT2D eigenvalue weighted by atomic mass is 16.5. The van der Waals surface area contributed by atoms with Crippen LogP contribution in [0.1, 0.15) is 27.0 Å². The number of hydrazone groups is 1. The van der Waals surface area contributed by atoms with Gasteiger partial charge in [-0.3, -0.25) is 4.79 Å². The molecule has 0 atom stereocenters. The smallest absolute Gasteiger partial charge is 0.275 e. The van der Waals surface area contributed by atoms with Crippen molar-refractivity contribution in [2.45, 2.75) is 13.0 Å². The molecule has 0 spiro atoms. The number of allylic oxidation sites excluding steroid dienone is 1. The number of carbonyl (C=O) groups excluding carboxylic acids is 1. The van der Waals surface area contributed by atoms with Gasteiger partial charge in [0.25, 0.3) is 5.91 Å². The minimum atomic E-state index is -0.366. The van der Waals surface area contributed by atoms with Gasteiger partial charge in [0.05, 0.1) is 26.0 Å². The molecule has 0 saturated heterocycles. The van der Waals surface area contributed by atoms with Gasteiger partial charge < -0.3 is 14.2 Å². The van der Waals surface area contributed by atoms with Crippen molar-refractivity contribution in [3.05, 3.63) is 114 Å². The third-order valence-corrected chi connectivity index (χ3v) is 5.66. The van der Waals surface area contributed by atoms with Crippen LogP contribution in [0.25, 0.3) is 10.8 Å². The number of nitrogens with one attached hydrogen (secondary N) is 1. The summed E-state index contributed by atoms with van der Waals surface area (Å²) in [6, 6.07) is 25.1. The monoisotopic (exact) mass is 480 g/mol. The van der Waals surface area contributed by atoms with Crippen LogP contribution in [0, 0.1) is 0 Å². The van der Waals surface area contributed by atoms with Crippen molar-refractivity contribution in [1.82, 2.24) is 5.43 Å². The second-order valence-electron chi connectivity index (χ2n) is 8.08. The SMILES string of the molecule is C=CCc1cc(C=NNC(=O)c2cc3ccccc3cc2OC)cc(OC)c1OCc1ccccc1. The summed E-state index contributed by atoms with van der Waals surface area (Å²) in [5, 5.41) is 6.10. The zero-order chi connectivity index (χ0) is 25.3. The summed E-state index contributed by atoms with van der Waals surface area (Å²) in [7, 11) is 3.14. The molecule has 0 bridgehead atoms. The lowest BCUT2D eigenvalue weighted by Crippen LogP contribution is -2.18. The van der Waals surface area contributed by atoms with Gasteiger partial charge in [0.2, 0.25) is 0 Å². The van der Waals surface area contributed by atoms with E-state index in [0.717, 1.165) is 27.5 Å². The lowest BCUT2D eigenvalue weighted by molar-refractivity contribution is 0.0952. The number of amides is 1. The molecule has 0 aliphatic carbocycles. The molecule has 6 heteroatoms. The maximum atomic E-state index is 12.9. The topological polar surface area (TPSA) is 69.2 Å². The number of nitrogens with zero attached hydrogens (tertiary/aromatic N) is 1. The number of hydrogen-bond donors (Lipinski definition) is 1. The summed E-state index contributed by atoms with van der Waals surface area (Å²) < 4.78 is 17.1. The first kappa shape index (κ1) is 24.5. The van der Waals surface area contributed by atoms with Gasteiger partial charge in [-0.25, -0.2) is 5.43 Å². The van der Waals surface area contributed by atoms with E-state index in [4.69, 9.17) is 14.2 Å². The fourth-order valence-corrected chi connectivity index (χ4v) is 3.90. The first-order chi connectivity index (χ1) is 17.6. The highest BCUT2D eigenvalue weighted by Gasteiger charge is 2.15. The zero-order valence-electron chi connectivity index (χ0n) is 20.4. The molecular formula is C30H28N2O4. The Morgan fingerprint density at radius 1 is 0.917 bits per heavy atom. The first-order valence-corrected chi connectivity index (χ1v) is 11.5. The van der Waals surface area contributed by atoms with Gasteiger partial charge in [-0.15, -0.1) is 6.58 Å². The Labute approximate surface area is 210 Å². The fraction of sp³-hybridized carbons (Fsp3) is 0.133. The van der Waals surface area contributed by atoms with Crippen LogP contribution in [0.15, 0.2) is 96.6 Å². The Kier molecular flexibility index (Phi) is 7.98. The van der Waals surface area contributed by atoms with E-state index < -0.39 is 0 Å². The standard InChI is InChI=1S/C30H28N2O4/c1-4-10-25-15-22(16-28(35-3)29(25)36-20-21-11-6-5-7-12-21)19-31-32-30(33)26-17-23-13-8-9-14-24(23)18-27(26)34-2/h4-9,11-19H,1,10,20H2,2-3H3,(H,32,33). The van der Waals surface area contributed by atoms with E-state index in [-0.39, 0.29) is 5.91 Å². The number of ether oxygens (including phenoxy) is 3. The number of carbonyl (C=O) groups is 1. The van der Waals surface area contributed by atoms with Crippen LogP contribution in [-0.4, -0.2) is 26.3 Å². The summed E-state index contributed by atoms with van der Waals surface area (Å²) >= 11 is 0. The number of benzene rings is 4. The van der Waals surface area contributed by atoms with Crippen LogP contribution in [-0.2, 0) is 13.0 Å². The number of methoxy groups -OCH3 is 2. The molecule has 0 aliphatic heterocycles. The molecule has 4 aromatic carbocycles. The van der Waals surface area contributed by atoms with Gasteiger partial charge in [-0.2, -0.15) is 5.10 Å². The average Bonchev–Trinajstić information content (AvgIpc) is 2.92. The van der Waals surface area contributed by atoms with Gasteiger partial charge in [-0.1, -0.05) is 60.7 Å². The molecule has 4 rings (SSSR count). The Hall–Kier alpha value is -4.58. The maximum absolute atomic E-state index is 12.9. The van der Waals surface area contributed by atoms with Crippen molar-refractivity contribution in [3.63, 3.8) is 0 Å². The predicted molar refractivity (Wildman–Crippen MR) is 143 cm³/mol. The fourth-order valence-electron chi connectivity index (χ4n) is 3.90. The van der Waals surface area contributed by atoms with Crippen LogP contribution in [0.5, 0.6) is 17.2 Å². The number of rotatable bonds is 10. The lowest BCUT2D eigenvalue weighted by atomic mass is 10.1.